The maximum atomic E-state index is 11.7. The monoisotopic (exact) mass is 337 g/mol. The number of carbonyl (C=O) groups excluding carboxylic acids is 1. The minimum Gasteiger partial charge on any atom is -0.465 e. The molecule has 0 saturated heterocycles. The molecule has 0 bridgehead atoms. The third-order valence-corrected chi connectivity index (χ3v) is 4.11. The predicted molar refractivity (Wildman–Crippen MR) is 90.9 cm³/mol. The maximum absolute atomic E-state index is 11.7. The Morgan fingerprint density at radius 3 is 2.55 bits per heavy atom. The number of rotatable bonds is 5. The van der Waals surface area contributed by atoms with E-state index in [1.807, 2.05) is 31.2 Å². The Hall–Kier alpha value is -1.71. The summed E-state index contributed by atoms with van der Waals surface area (Å²) < 4.78 is 4.79. The summed E-state index contributed by atoms with van der Waals surface area (Å²) in [6, 6.07) is 11.1. The highest BCUT2D eigenvalue weighted by Gasteiger charge is 2.11. The Morgan fingerprint density at radius 1 is 1.14 bits per heavy atom. The standard InChI is InChI=1S/C17H17Cl2NO2/c1-3-12-9-13(5-6-14(12)17(21)22-2)20-10-11-4-7-15(18)16(19)8-11/h4-9,20H,3,10H2,1-2H3. The van der Waals surface area contributed by atoms with Gasteiger partial charge >= 0.3 is 5.97 Å². The van der Waals surface area contributed by atoms with Crippen molar-refractivity contribution >= 4 is 34.9 Å². The van der Waals surface area contributed by atoms with Crippen LogP contribution in [0.1, 0.15) is 28.4 Å². The van der Waals surface area contributed by atoms with E-state index in [0.717, 1.165) is 23.2 Å². The third kappa shape index (κ3) is 3.93. The molecule has 0 amide bonds. The fourth-order valence-corrected chi connectivity index (χ4v) is 2.48. The Balaban J connectivity index is 2.13. The highest BCUT2D eigenvalue weighted by atomic mass is 35.5. The smallest absolute Gasteiger partial charge is 0.338 e. The molecule has 0 spiro atoms. The van der Waals surface area contributed by atoms with Crippen molar-refractivity contribution in [2.75, 3.05) is 12.4 Å². The van der Waals surface area contributed by atoms with Crippen molar-refractivity contribution in [3.8, 4) is 0 Å². The van der Waals surface area contributed by atoms with Crippen molar-refractivity contribution < 1.29 is 9.53 Å². The van der Waals surface area contributed by atoms with Crippen molar-refractivity contribution in [2.45, 2.75) is 19.9 Å². The number of hydrogen-bond acceptors (Lipinski definition) is 3. The topological polar surface area (TPSA) is 38.3 Å². The van der Waals surface area contributed by atoms with E-state index in [9.17, 15) is 4.79 Å². The largest absolute Gasteiger partial charge is 0.465 e. The van der Waals surface area contributed by atoms with Crippen molar-refractivity contribution in [1.82, 2.24) is 0 Å². The molecule has 0 aliphatic heterocycles. The summed E-state index contributed by atoms with van der Waals surface area (Å²) in [6.45, 7) is 2.63. The third-order valence-electron chi connectivity index (χ3n) is 3.37. The van der Waals surface area contributed by atoms with Crippen LogP contribution in [-0.4, -0.2) is 13.1 Å². The normalized spacial score (nSPS) is 10.4. The van der Waals surface area contributed by atoms with Crippen LogP contribution in [0.3, 0.4) is 0 Å². The van der Waals surface area contributed by atoms with E-state index in [0.29, 0.717) is 22.2 Å². The first kappa shape index (κ1) is 16.7. The Labute approximate surface area is 140 Å². The number of halogens is 2. The van der Waals surface area contributed by atoms with Gasteiger partial charge in [-0.15, -0.1) is 0 Å². The molecule has 2 aromatic rings. The average Bonchev–Trinajstić information content (AvgIpc) is 2.54. The van der Waals surface area contributed by atoms with Crippen LogP contribution >= 0.6 is 23.2 Å². The number of aryl methyl sites for hydroxylation is 1. The van der Waals surface area contributed by atoms with Gasteiger partial charge in [0.15, 0.2) is 0 Å². The summed E-state index contributed by atoms with van der Waals surface area (Å²) in [6.07, 6.45) is 0.757. The van der Waals surface area contributed by atoms with Crippen LogP contribution in [0.5, 0.6) is 0 Å². The van der Waals surface area contributed by atoms with Crippen LogP contribution in [-0.2, 0) is 17.7 Å². The van der Waals surface area contributed by atoms with E-state index in [1.165, 1.54) is 7.11 Å². The molecule has 1 N–H and O–H groups in total. The van der Waals surface area contributed by atoms with Gasteiger partial charge in [-0.3, -0.25) is 0 Å². The number of benzene rings is 2. The predicted octanol–water partition coefficient (Wildman–Crippen LogP) is 4.95. The van der Waals surface area contributed by atoms with Gasteiger partial charge in [-0.2, -0.15) is 0 Å². The van der Waals surface area contributed by atoms with Crippen LogP contribution in [0.15, 0.2) is 36.4 Å². The van der Waals surface area contributed by atoms with E-state index >= 15 is 0 Å². The van der Waals surface area contributed by atoms with E-state index in [-0.39, 0.29) is 5.97 Å². The number of nitrogens with one attached hydrogen (secondary N) is 1. The fraction of sp³-hybridized carbons (Fsp3) is 0.235. The van der Waals surface area contributed by atoms with Gasteiger partial charge < -0.3 is 10.1 Å². The molecule has 0 aromatic heterocycles. The molecule has 116 valence electrons. The van der Waals surface area contributed by atoms with Gasteiger partial charge in [0.05, 0.1) is 22.7 Å². The molecule has 0 unspecified atom stereocenters. The maximum Gasteiger partial charge on any atom is 0.338 e. The second kappa shape index (κ2) is 7.52. The first-order valence-corrected chi connectivity index (χ1v) is 7.69. The number of esters is 1. The van der Waals surface area contributed by atoms with Crippen LogP contribution in [0, 0.1) is 0 Å². The lowest BCUT2D eigenvalue weighted by Gasteiger charge is -2.11. The van der Waals surface area contributed by atoms with E-state index in [4.69, 9.17) is 27.9 Å². The molecule has 0 saturated carbocycles. The molecule has 0 aliphatic carbocycles. The molecule has 0 fully saturated rings. The van der Waals surface area contributed by atoms with Crippen molar-refractivity contribution in [2.24, 2.45) is 0 Å². The highest BCUT2D eigenvalue weighted by Crippen LogP contribution is 2.23. The molecule has 5 heteroatoms. The number of anilines is 1. The number of ether oxygens (including phenoxy) is 1. The zero-order valence-electron chi connectivity index (χ0n) is 12.5. The lowest BCUT2D eigenvalue weighted by atomic mass is 10.0. The first-order valence-electron chi connectivity index (χ1n) is 6.94. The molecule has 0 aliphatic rings. The molecule has 0 heterocycles. The molecule has 2 rings (SSSR count). The van der Waals surface area contributed by atoms with Gasteiger partial charge in [-0.05, 0) is 47.9 Å². The van der Waals surface area contributed by atoms with Gasteiger partial charge in [-0.1, -0.05) is 36.2 Å². The SMILES string of the molecule is CCc1cc(NCc2ccc(Cl)c(Cl)c2)ccc1C(=O)OC. The van der Waals surface area contributed by atoms with Crippen LogP contribution < -0.4 is 5.32 Å². The molecule has 2 aromatic carbocycles. The quantitative estimate of drug-likeness (QED) is 0.784. The Kier molecular flexibility index (Phi) is 5.69. The van der Waals surface area contributed by atoms with Crippen LogP contribution in [0.25, 0.3) is 0 Å². The zero-order valence-corrected chi connectivity index (χ0v) is 14.0. The average molecular weight is 338 g/mol. The first-order chi connectivity index (χ1) is 10.5. The van der Waals surface area contributed by atoms with Gasteiger partial charge in [0.1, 0.15) is 0 Å². The summed E-state index contributed by atoms with van der Waals surface area (Å²) in [4.78, 5) is 11.7. The molecule has 0 radical (unpaired) electrons. The summed E-state index contributed by atoms with van der Waals surface area (Å²) in [5.41, 5.74) is 3.52. The highest BCUT2D eigenvalue weighted by molar-refractivity contribution is 6.42. The number of carbonyl (C=O) groups is 1. The summed E-state index contributed by atoms with van der Waals surface area (Å²) >= 11 is 11.9. The number of hydrogen-bond donors (Lipinski definition) is 1. The molecule has 3 nitrogen and oxygen atoms in total. The van der Waals surface area contributed by atoms with Crippen molar-refractivity contribution in [1.29, 1.82) is 0 Å². The molecular formula is C17H17Cl2NO2. The lowest BCUT2D eigenvalue weighted by Crippen LogP contribution is -2.07. The second-order valence-electron chi connectivity index (χ2n) is 4.82. The molecule has 0 atom stereocenters. The Morgan fingerprint density at radius 2 is 1.91 bits per heavy atom. The van der Waals surface area contributed by atoms with E-state index in [2.05, 4.69) is 5.32 Å². The van der Waals surface area contributed by atoms with Crippen molar-refractivity contribution in [3.05, 3.63) is 63.1 Å². The van der Waals surface area contributed by atoms with Crippen molar-refractivity contribution in [3.63, 3.8) is 0 Å². The zero-order chi connectivity index (χ0) is 16.1. The minimum absolute atomic E-state index is 0.312. The minimum atomic E-state index is -0.312. The second-order valence-corrected chi connectivity index (χ2v) is 5.63. The Bertz CT molecular complexity index is 686. The van der Waals surface area contributed by atoms with Gasteiger partial charge in [0.2, 0.25) is 0 Å². The fourth-order valence-electron chi connectivity index (χ4n) is 2.16. The van der Waals surface area contributed by atoms with E-state index < -0.39 is 0 Å². The van der Waals surface area contributed by atoms with Gasteiger partial charge in [0.25, 0.3) is 0 Å². The van der Waals surface area contributed by atoms with E-state index in [1.54, 1.807) is 12.1 Å². The van der Waals surface area contributed by atoms with Gasteiger partial charge in [-0.25, -0.2) is 4.79 Å². The number of methoxy groups -OCH3 is 1. The molecule has 22 heavy (non-hydrogen) atoms. The summed E-state index contributed by atoms with van der Waals surface area (Å²) in [5, 5.41) is 4.39. The van der Waals surface area contributed by atoms with Crippen LogP contribution in [0.2, 0.25) is 10.0 Å². The lowest BCUT2D eigenvalue weighted by molar-refractivity contribution is 0.0599. The summed E-state index contributed by atoms with van der Waals surface area (Å²) in [5.74, 6) is -0.312. The van der Waals surface area contributed by atoms with Crippen LogP contribution in [0.4, 0.5) is 5.69 Å². The molecular weight excluding hydrogens is 321 g/mol. The van der Waals surface area contributed by atoms with Gasteiger partial charge in [0, 0.05) is 12.2 Å². The summed E-state index contributed by atoms with van der Waals surface area (Å²) in [7, 11) is 1.39.